The summed E-state index contributed by atoms with van der Waals surface area (Å²) in [6.07, 6.45) is 1.99. The van der Waals surface area contributed by atoms with E-state index in [0.717, 1.165) is 39.7 Å². The normalized spacial score (nSPS) is 19.6. The average molecular weight is 359 g/mol. The second-order valence-electron chi connectivity index (χ2n) is 7.29. The zero-order valence-corrected chi connectivity index (χ0v) is 15.8. The molecule has 3 heterocycles. The lowest BCUT2D eigenvalue weighted by Gasteiger charge is -2.31. The number of nitrogens with one attached hydrogen (secondary N) is 1. The monoisotopic (exact) mass is 359 g/mol. The van der Waals surface area contributed by atoms with Crippen LogP contribution in [-0.2, 0) is 5.72 Å². The van der Waals surface area contributed by atoms with Gasteiger partial charge in [-0.15, -0.1) is 0 Å². The Hall–Kier alpha value is -3.21. The average Bonchev–Trinajstić information content (AvgIpc) is 3.14. The molecule has 0 radical (unpaired) electrons. The summed E-state index contributed by atoms with van der Waals surface area (Å²) in [6.45, 7) is 8.09. The predicted molar refractivity (Wildman–Crippen MR) is 105 cm³/mol. The summed E-state index contributed by atoms with van der Waals surface area (Å²) in [4.78, 5) is 0. The molecular formula is C22H21N3O2. The van der Waals surface area contributed by atoms with Gasteiger partial charge in [0.25, 0.3) is 0 Å². The number of anilines is 1. The van der Waals surface area contributed by atoms with Crippen LogP contribution in [0.1, 0.15) is 29.3 Å². The van der Waals surface area contributed by atoms with E-state index in [2.05, 4.69) is 31.3 Å². The van der Waals surface area contributed by atoms with Crippen LogP contribution in [0.25, 0.3) is 5.69 Å². The third-order valence-electron chi connectivity index (χ3n) is 5.06. The lowest BCUT2D eigenvalue weighted by molar-refractivity contribution is 0.152. The molecule has 2 aliphatic heterocycles. The second kappa shape index (κ2) is 5.39. The number of ether oxygens (including phenoxy) is 2. The van der Waals surface area contributed by atoms with Gasteiger partial charge in [-0.05, 0) is 57.0 Å². The van der Waals surface area contributed by atoms with Crippen molar-refractivity contribution in [2.45, 2.75) is 33.4 Å². The Morgan fingerprint density at radius 3 is 2.59 bits per heavy atom. The van der Waals surface area contributed by atoms with Crippen molar-refractivity contribution in [2.24, 2.45) is 0 Å². The van der Waals surface area contributed by atoms with Crippen molar-refractivity contribution in [3.05, 3.63) is 76.7 Å². The third kappa shape index (κ3) is 2.28. The maximum absolute atomic E-state index is 6.53. The largest absolute Gasteiger partial charge is 0.457 e. The van der Waals surface area contributed by atoms with Crippen LogP contribution in [0.2, 0.25) is 0 Å². The molecule has 2 aromatic carbocycles. The highest BCUT2D eigenvalue weighted by Crippen LogP contribution is 2.50. The van der Waals surface area contributed by atoms with Crippen LogP contribution in [0, 0.1) is 20.8 Å². The Balaban J connectivity index is 1.71. The van der Waals surface area contributed by atoms with Gasteiger partial charge in [-0.1, -0.05) is 24.3 Å². The Bertz CT molecular complexity index is 1100. The van der Waals surface area contributed by atoms with E-state index in [-0.39, 0.29) is 0 Å². The van der Waals surface area contributed by atoms with Crippen LogP contribution in [0.15, 0.2) is 54.3 Å². The molecule has 1 N–H and O–H groups in total. The van der Waals surface area contributed by atoms with E-state index in [1.807, 2.05) is 54.9 Å². The Morgan fingerprint density at radius 1 is 1.04 bits per heavy atom. The van der Waals surface area contributed by atoms with E-state index >= 15 is 0 Å². The van der Waals surface area contributed by atoms with Gasteiger partial charge in [0, 0.05) is 6.08 Å². The Kier molecular flexibility index (Phi) is 3.20. The SMILES string of the molecule is CC1=C[C@@]2(Nc3cc(C)cc(C)c3O2)c2c(C)nn(-c3ccccc3)c2O1. The Morgan fingerprint density at radius 2 is 1.81 bits per heavy atom. The number of allylic oxidation sites excluding steroid dienone is 1. The highest BCUT2D eigenvalue weighted by atomic mass is 16.5. The molecule has 3 aromatic rings. The van der Waals surface area contributed by atoms with Gasteiger partial charge >= 0.3 is 0 Å². The molecule has 0 aliphatic carbocycles. The summed E-state index contributed by atoms with van der Waals surface area (Å²) in [5.41, 5.74) is 5.23. The molecule has 0 unspecified atom stereocenters. The standard InChI is InChI=1S/C22H21N3O2/c1-13-10-14(2)20-18(11-13)23-22(27-20)12-15(3)26-21-19(22)16(4)24-25(21)17-8-6-5-7-9-17/h5-12,23H,1-4H3/t22-/m0/s1. The van der Waals surface area contributed by atoms with Crippen molar-refractivity contribution in [3.63, 3.8) is 0 Å². The fraction of sp³-hybridized carbons (Fsp3) is 0.227. The number of nitrogens with zero attached hydrogens (tertiary/aromatic N) is 2. The van der Waals surface area contributed by atoms with Crippen LogP contribution in [0.5, 0.6) is 11.6 Å². The molecule has 1 aromatic heterocycles. The van der Waals surface area contributed by atoms with Gasteiger partial charge in [0.2, 0.25) is 11.6 Å². The molecule has 5 nitrogen and oxygen atoms in total. The number of aromatic nitrogens is 2. The molecule has 0 fully saturated rings. The van der Waals surface area contributed by atoms with Crippen molar-refractivity contribution in [1.29, 1.82) is 0 Å². The number of hydrogen-bond donors (Lipinski definition) is 1. The number of rotatable bonds is 1. The topological polar surface area (TPSA) is 48.3 Å². The van der Waals surface area contributed by atoms with Gasteiger partial charge < -0.3 is 14.8 Å². The van der Waals surface area contributed by atoms with E-state index in [1.54, 1.807) is 0 Å². The highest BCUT2D eigenvalue weighted by molar-refractivity contribution is 5.69. The van der Waals surface area contributed by atoms with Crippen molar-refractivity contribution < 1.29 is 9.47 Å². The third-order valence-corrected chi connectivity index (χ3v) is 5.06. The first kappa shape index (κ1) is 16.0. The lowest BCUT2D eigenvalue weighted by atomic mass is 10.00. The Labute approximate surface area is 158 Å². The van der Waals surface area contributed by atoms with Gasteiger partial charge in [-0.25, -0.2) is 4.68 Å². The van der Waals surface area contributed by atoms with Gasteiger partial charge in [-0.3, -0.25) is 0 Å². The first-order valence-corrected chi connectivity index (χ1v) is 9.08. The fourth-order valence-electron chi connectivity index (χ4n) is 4.06. The summed E-state index contributed by atoms with van der Waals surface area (Å²) in [5, 5.41) is 8.35. The van der Waals surface area contributed by atoms with E-state index in [0.29, 0.717) is 5.88 Å². The minimum Gasteiger partial charge on any atom is -0.457 e. The van der Waals surface area contributed by atoms with E-state index in [1.165, 1.54) is 5.56 Å². The van der Waals surface area contributed by atoms with Crippen LogP contribution in [-0.4, -0.2) is 9.78 Å². The first-order valence-electron chi connectivity index (χ1n) is 9.08. The van der Waals surface area contributed by atoms with Crippen LogP contribution >= 0.6 is 0 Å². The molecule has 136 valence electrons. The molecule has 0 saturated carbocycles. The zero-order chi connectivity index (χ0) is 18.8. The van der Waals surface area contributed by atoms with Crippen LogP contribution in [0.4, 0.5) is 5.69 Å². The minimum atomic E-state index is -0.810. The number of benzene rings is 2. The van der Waals surface area contributed by atoms with Gasteiger partial charge in [0.15, 0.2) is 0 Å². The maximum Gasteiger partial charge on any atom is 0.237 e. The van der Waals surface area contributed by atoms with Gasteiger partial charge in [0.05, 0.1) is 17.1 Å². The highest BCUT2D eigenvalue weighted by Gasteiger charge is 2.48. The second-order valence-corrected chi connectivity index (χ2v) is 7.29. The molecular weight excluding hydrogens is 338 g/mol. The summed E-state index contributed by atoms with van der Waals surface area (Å²) < 4.78 is 14.5. The first-order chi connectivity index (χ1) is 13.0. The summed E-state index contributed by atoms with van der Waals surface area (Å²) >= 11 is 0. The van der Waals surface area contributed by atoms with Crippen molar-refractivity contribution in [1.82, 2.24) is 9.78 Å². The lowest BCUT2D eigenvalue weighted by Crippen LogP contribution is -2.38. The summed E-state index contributed by atoms with van der Waals surface area (Å²) in [6, 6.07) is 14.3. The molecule has 5 rings (SSSR count). The smallest absolute Gasteiger partial charge is 0.237 e. The van der Waals surface area contributed by atoms with E-state index in [4.69, 9.17) is 14.6 Å². The summed E-state index contributed by atoms with van der Waals surface area (Å²) in [7, 11) is 0. The van der Waals surface area contributed by atoms with E-state index < -0.39 is 5.72 Å². The van der Waals surface area contributed by atoms with Crippen molar-refractivity contribution >= 4 is 5.69 Å². The van der Waals surface area contributed by atoms with Crippen LogP contribution in [0.3, 0.4) is 0 Å². The predicted octanol–water partition coefficient (Wildman–Crippen LogP) is 4.75. The van der Waals surface area contributed by atoms with Crippen molar-refractivity contribution in [2.75, 3.05) is 5.32 Å². The zero-order valence-electron chi connectivity index (χ0n) is 15.8. The molecule has 27 heavy (non-hydrogen) atoms. The number of aryl methyl sites for hydroxylation is 3. The number of para-hydroxylation sites is 1. The number of hydrogen-bond acceptors (Lipinski definition) is 4. The summed E-state index contributed by atoms with van der Waals surface area (Å²) in [5.74, 6) is 2.34. The molecule has 0 amide bonds. The van der Waals surface area contributed by atoms with E-state index in [9.17, 15) is 0 Å². The van der Waals surface area contributed by atoms with Crippen LogP contribution < -0.4 is 14.8 Å². The maximum atomic E-state index is 6.53. The molecule has 0 saturated heterocycles. The van der Waals surface area contributed by atoms with Gasteiger partial charge in [0.1, 0.15) is 17.1 Å². The minimum absolute atomic E-state index is 0.688. The molecule has 0 bridgehead atoms. The number of fused-ring (bicyclic) bond motifs is 3. The molecule has 2 aliphatic rings. The molecule has 5 heteroatoms. The molecule has 1 spiro atoms. The van der Waals surface area contributed by atoms with Crippen molar-refractivity contribution in [3.8, 4) is 17.3 Å². The van der Waals surface area contributed by atoms with Gasteiger partial charge in [-0.2, -0.15) is 5.10 Å². The molecule has 1 atom stereocenters. The fourth-order valence-corrected chi connectivity index (χ4v) is 4.06. The quantitative estimate of drug-likeness (QED) is 0.681.